The molecule has 0 aliphatic heterocycles. The van der Waals surface area contributed by atoms with Gasteiger partial charge in [0.25, 0.3) is 0 Å². The van der Waals surface area contributed by atoms with E-state index in [0.717, 1.165) is 89.5 Å². The highest BCUT2D eigenvalue weighted by atomic mass is 15.1. The SMILES string of the molecule is c1ccc(-c2cccc(N(c3cccc(-c4ccccc4)c3)c3cc(-c4cccc(-c5nc(-c6ccccc6)nc(-c6ccccc6)n5)c4)cc(-c4ccc5c(c4)c4ccccc4n5-c4ccccc4)c3)c2)cc1. The molecule has 0 fully saturated rings. The molecule has 0 saturated carbocycles. The molecule has 0 atom stereocenters. The van der Waals surface area contributed by atoms with Gasteiger partial charge in [-0.2, -0.15) is 0 Å². The van der Waals surface area contributed by atoms with Gasteiger partial charge in [0.2, 0.25) is 0 Å². The second-order valence-corrected chi connectivity index (χ2v) is 18.5. The Kier molecular flexibility index (Phi) is 11.5. The van der Waals surface area contributed by atoms with Crippen LogP contribution in [-0.4, -0.2) is 19.5 Å². The van der Waals surface area contributed by atoms with Gasteiger partial charge in [0.1, 0.15) is 0 Å². The van der Waals surface area contributed by atoms with Crippen molar-refractivity contribution < 1.29 is 0 Å². The zero-order valence-corrected chi connectivity index (χ0v) is 40.4. The zero-order chi connectivity index (χ0) is 49.2. The Bertz CT molecular complexity index is 3980. The van der Waals surface area contributed by atoms with Crippen molar-refractivity contribution >= 4 is 38.9 Å². The van der Waals surface area contributed by atoms with Gasteiger partial charge in [-0.15, -0.1) is 0 Å². The first-order chi connectivity index (χ1) is 36.7. The Labute approximate surface area is 430 Å². The maximum absolute atomic E-state index is 5.14. The van der Waals surface area contributed by atoms with Crippen LogP contribution < -0.4 is 4.90 Å². The molecule has 0 bridgehead atoms. The quantitative estimate of drug-likeness (QED) is 0.130. The van der Waals surface area contributed by atoms with Crippen LogP contribution in [0.2, 0.25) is 0 Å². The minimum Gasteiger partial charge on any atom is -0.310 e. The minimum absolute atomic E-state index is 0.605. The zero-order valence-electron chi connectivity index (χ0n) is 40.4. The summed E-state index contributed by atoms with van der Waals surface area (Å²) >= 11 is 0. The molecule has 2 aromatic heterocycles. The second kappa shape index (κ2) is 19.3. The fourth-order valence-corrected chi connectivity index (χ4v) is 10.2. The topological polar surface area (TPSA) is 46.8 Å². The maximum Gasteiger partial charge on any atom is 0.164 e. The van der Waals surface area contributed by atoms with Crippen LogP contribution >= 0.6 is 0 Å². The van der Waals surface area contributed by atoms with Crippen molar-refractivity contribution in [3.05, 3.63) is 285 Å². The Morgan fingerprint density at radius 2 is 0.608 bits per heavy atom. The van der Waals surface area contributed by atoms with E-state index in [0.29, 0.717) is 17.5 Å². The van der Waals surface area contributed by atoms with Crippen LogP contribution in [0.15, 0.2) is 285 Å². The summed E-state index contributed by atoms with van der Waals surface area (Å²) in [5, 5.41) is 2.40. The smallest absolute Gasteiger partial charge is 0.164 e. The van der Waals surface area contributed by atoms with Gasteiger partial charge in [-0.1, -0.05) is 206 Å². The first-order valence-corrected chi connectivity index (χ1v) is 25.0. The number of para-hydroxylation sites is 2. The number of benzene rings is 11. The van der Waals surface area contributed by atoms with E-state index in [1.165, 1.54) is 16.3 Å². The van der Waals surface area contributed by atoms with E-state index in [2.05, 4.69) is 234 Å². The highest BCUT2D eigenvalue weighted by molar-refractivity contribution is 6.10. The Morgan fingerprint density at radius 1 is 0.230 bits per heavy atom. The fraction of sp³-hybridized carbons (Fsp3) is 0. The lowest BCUT2D eigenvalue weighted by molar-refractivity contribution is 1.07. The van der Waals surface area contributed by atoms with Gasteiger partial charge >= 0.3 is 0 Å². The predicted molar refractivity (Wildman–Crippen MR) is 307 cm³/mol. The largest absolute Gasteiger partial charge is 0.310 e. The lowest BCUT2D eigenvalue weighted by Gasteiger charge is -2.28. The van der Waals surface area contributed by atoms with Crippen molar-refractivity contribution in [1.82, 2.24) is 19.5 Å². The summed E-state index contributed by atoms with van der Waals surface area (Å²) in [5.41, 5.74) is 18.2. The van der Waals surface area contributed by atoms with E-state index in [9.17, 15) is 0 Å². The summed E-state index contributed by atoms with van der Waals surface area (Å²) in [7, 11) is 0. The summed E-state index contributed by atoms with van der Waals surface area (Å²) in [5.74, 6) is 1.85. The van der Waals surface area contributed by atoms with Crippen LogP contribution in [0.4, 0.5) is 17.1 Å². The van der Waals surface area contributed by atoms with Crippen LogP contribution in [0.1, 0.15) is 0 Å². The average molecular weight is 946 g/mol. The van der Waals surface area contributed by atoms with Crippen molar-refractivity contribution in [2.75, 3.05) is 4.90 Å². The maximum atomic E-state index is 5.14. The third-order valence-corrected chi connectivity index (χ3v) is 13.8. The average Bonchev–Trinajstić information content (AvgIpc) is 3.82. The normalized spacial score (nSPS) is 11.2. The Hall–Kier alpha value is -9.97. The van der Waals surface area contributed by atoms with E-state index in [4.69, 9.17) is 15.0 Å². The van der Waals surface area contributed by atoms with Crippen molar-refractivity contribution in [2.45, 2.75) is 0 Å². The number of hydrogen-bond donors (Lipinski definition) is 0. The fourth-order valence-electron chi connectivity index (χ4n) is 10.2. The van der Waals surface area contributed by atoms with Crippen molar-refractivity contribution in [2.24, 2.45) is 0 Å². The van der Waals surface area contributed by atoms with Crippen LogP contribution in [0.5, 0.6) is 0 Å². The molecule has 0 aliphatic carbocycles. The summed E-state index contributed by atoms with van der Waals surface area (Å²) < 4.78 is 2.37. The van der Waals surface area contributed by atoms with Crippen LogP contribution in [0.25, 0.3) is 106 Å². The van der Waals surface area contributed by atoms with Crippen molar-refractivity contribution in [1.29, 1.82) is 0 Å². The molecule has 0 radical (unpaired) electrons. The van der Waals surface area contributed by atoms with Crippen molar-refractivity contribution in [3.63, 3.8) is 0 Å². The number of nitrogens with zero attached hydrogens (tertiary/aromatic N) is 5. The van der Waals surface area contributed by atoms with Gasteiger partial charge in [0, 0.05) is 50.2 Å². The van der Waals surface area contributed by atoms with Crippen LogP contribution in [0.3, 0.4) is 0 Å². The van der Waals surface area contributed by atoms with Crippen molar-refractivity contribution in [3.8, 4) is 84.4 Å². The monoisotopic (exact) mass is 945 g/mol. The molecule has 13 aromatic rings. The Morgan fingerprint density at radius 3 is 1.16 bits per heavy atom. The molecule has 0 N–H and O–H groups in total. The third kappa shape index (κ3) is 8.59. The number of anilines is 3. The molecule has 5 heteroatoms. The highest BCUT2D eigenvalue weighted by Gasteiger charge is 2.20. The van der Waals surface area contributed by atoms with Gasteiger partial charge in [0.05, 0.1) is 11.0 Å². The number of rotatable bonds is 11. The van der Waals surface area contributed by atoms with Gasteiger partial charge in [-0.05, 0) is 123 Å². The van der Waals surface area contributed by atoms with Crippen LogP contribution in [0, 0.1) is 0 Å². The number of fused-ring (bicyclic) bond motifs is 3. The lowest BCUT2D eigenvalue weighted by atomic mass is 9.95. The number of hydrogen-bond acceptors (Lipinski definition) is 4. The summed E-state index contributed by atoms with van der Waals surface area (Å²) in [6.07, 6.45) is 0. The van der Waals surface area contributed by atoms with E-state index in [1.807, 2.05) is 60.7 Å². The molecule has 74 heavy (non-hydrogen) atoms. The van der Waals surface area contributed by atoms with Gasteiger partial charge in [0.15, 0.2) is 17.5 Å². The number of aromatic nitrogens is 4. The summed E-state index contributed by atoms with van der Waals surface area (Å²) in [6.45, 7) is 0. The molecule has 5 nitrogen and oxygen atoms in total. The third-order valence-electron chi connectivity index (χ3n) is 13.8. The first kappa shape index (κ1) is 44.0. The molecule has 13 rings (SSSR count). The molecule has 348 valence electrons. The molecule has 0 unspecified atom stereocenters. The molecule has 0 spiro atoms. The van der Waals surface area contributed by atoms with Gasteiger partial charge in [-0.25, -0.2) is 15.0 Å². The molecule has 11 aromatic carbocycles. The molecule has 0 aliphatic rings. The second-order valence-electron chi connectivity index (χ2n) is 18.5. The standard InChI is InChI=1S/C69H47N5/c1-6-21-48(22-7-1)53-30-19-35-60(43-53)73(61-36-20-31-54(44-61)49-23-8-2-9-24-49)62-45-57(42-58(46-62)55-39-40-66-64(47-55)63-37-16-17-38-65(63)74(66)59-33-14-5-15-34-59)52-29-18-32-56(41-52)69-71-67(50-25-10-3-11-26-50)70-68(72-69)51-27-12-4-13-28-51/h1-47H. The minimum atomic E-state index is 0.605. The molecule has 2 heterocycles. The Balaban J connectivity index is 1.03. The molecule has 0 saturated heterocycles. The molecular formula is C69H47N5. The summed E-state index contributed by atoms with van der Waals surface area (Å²) in [6, 6.07) is 101. The van der Waals surface area contributed by atoms with E-state index >= 15 is 0 Å². The van der Waals surface area contributed by atoms with E-state index in [-0.39, 0.29) is 0 Å². The van der Waals surface area contributed by atoms with E-state index < -0.39 is 0 Å². The lowest BCUT2D eigenvalue weighted by Crippen LogP contribution is -2.10. The predicted octanol–water partition coefficient (Wildman–Crippen LogP) is 18.1. The van der Waals surface area contributed by atoms with Crippen LogP contribution in [-0.2, 0) is 0 Å². The van der Waals surface area contributed by atoms with Gasteiger partial charge in [-0.3, -0.25) is 0 Å². The molecule has 0 amide bonds. The van der Waals surface area contributed by atoms with Gasteiger partial charge < -0.3 is 9.47 Å². The first-order valence-electron chi connectivity index (χ1n) is 25.0. The summed E-state index contributed by atoms with van der Waals surface area (Å²) in [4.78, 5) is 17.7. The molecular weight excluding hydrogens is 899 g/mol. The highest BCUT2D eigenvalue weighted by Crippen LogP contribution is 2.43. The van der Waals surface area contributed by atoms with E-state index in [1.54, 1.807) is 0 Å².